The monoisotopic (exact) mass is 252 g/mol. The van der Waals surface area contributed by atoms with E-state index in [0.29, 0.717) is 12.3 Å². The maximum atomic E-state index is 11.5. The number of nitrogens with one attached hydrogen (secondary N) is 1. The Kier molecular flexibility index (Phi) is 4.97. The molecule has 100 valence electrons. The number of hydrogen-bond donors (Lipinski definition) is 2. The third-order valence-electron chi connectivity index (χ3n) is 2.17. The van der Waals surface area contributed by atoms with Crippen LogP contribution < -0.4 is 20.5 Å². The van der Waals surface area contributed by atoms with Crippen molar-refractivity contribution in [2.45, 2.75) is 19.4 Å². The molecule has 0 aliphatic carbocycles. The summed E-state index contributed by atoms with van der Waals surface area (Å²) in [5.41, 5.74) is 5.33. The van der Waals surface area contributed by atoms with E-state index < -0.39 is 5.54 Å². The van der Waals surface area contributed by atoms with Crippen molar-refractivity contribution < 1.29 is 14.3 Å². The lowest BCUT2D eigenvalue weighted by Gasteiger charge is -2.18. The van der Waals surface area contributed by atoms with Crippen molar-refractivity contribution in [3.8, 4) is 11.5 Å². The Morgan fingerprint density at radius 1 is 1.28 bits per heavy atom. The lowest BCUT2D eigenvalue weighted by Crippen LogP contribution is -2.46. The van der Waals surface area contributed by atoms with Gasteiger partial charge < -0.3 is 20.5 Å². The highest BCUT2D eigenvalue weighted by molar-refractivity contribution is 5.77. The lowest BCUT2D eigenvalue weighted by molar-refractivity contribution is -0.123. The first-order chi connectivity index (χ1) is 8.40. The zero-order valence-corrected chi connectivity index (χ0v) is 11.0. The van der Waals surface area contributed by atoms with E-state index in [1.54, 1.807) is 31.4 Å². The van der Waals surface area contributed by atoms with E-state index >= 15 is 0 Å². The minimum absolute atomic E-state index is 0.0254. The van der Waals surface area contributed by atoms with Crippen LogP contribution >= 0.6 is 0 Å². The van der Waals surface area contributed by atoms with Gasteiger partial charge in [0.1, 0.15) is 11.5 Å². The molecule has 0 saturated heterocycles. The molecular formula is C13H20N2O3. The molecule has 1 amide bonds. The van der Waals surface area contributed by atoms with Crippen molar-refractivity contribution in [1.82, 2.24) is 5.32 Å². The number of benzene rings is 1. The van der Waals surface area contributed by atoms with E-state index in [1.807, 2.05) is 13.8 Å². The Labute approximate surface area is 107 Å². The van der Waals surface area contributed by atoms with Gasteiger partial charge in [0.05, 0.1) is 7.11 Å². The molecule has 0 spiro atoms. The predicted molar refractivity (Wildman–Crippen MR) is 69.8 cm³/mol. The summed E-state index contributed by atoms with van der Waals surface area (Å²) >= 11 is 0. The normalized spacial score (nSPS) is 10.9. The molecule has 1 rings (SSSR count). The van der Waals surface area contributed by atoms with Gasteiger partial charge in [-0.25, -0.2) is 0 Å². The summed E-state index contributed by atoms with van der Waals surface area (Å²) < 4.78 is 10.3. The number of nitrogens with two attached hydrogens (primary N) is 1. The molecule has 0 aromatic heterocycles. The molecule has 0 radical (unpaired) electrons. The molecule has 0 fully saturated rings. The second-order valence-electron chi connectivity index (χ2n) is 4.73. The number of methoxy groups -OCH3 is 1. The van der Waals surface area contributed by atoms with Gasteiger partial charge in [-0.3, -0.25) is 4.79 Å². The maximum absolute atomic E-state index is 11.5. The average molecular weight is 252 g/mol. The van der Waals surface area contributed by atoms with E-state index in [2.05, 4.69) is 5.32 Å². The summed E-state index contributed by atoms with van der Waals surface area (Å²) in [6.07, 6.45) is 0. The molecule has 0 unspecified atom stereocenters. The molecule has 3 N–H and O–H groups in total. The van der Waals surface area contributed by atoms with Crippen LogP contribution in [-0.2, 0) is 4.79 Å². The van der Waals surface area contributed by atoms with Crippen LogP contribution in [0.3, 0.4) is 0 Å². The summed E-state index contributed by atoms with van der Waals surface area (Å²) in [5.74, 6) is 1.18. The second kappa shape index (κ2) is 6.26. The van der Waals surface area contributed by atoms with Crippen LogP contribution in [0, 0.1) is 0 Å². The van der Waals surface area contributed by atoms with E-state index in [9.17, 15) is 4.79 Å². The number of amides is 1. The molecule has 0 heterocycles. The average Bonchev–Trinajstić information content (AvgIpc) is 2.33. The Balaban J connectivity index is 2.33. The SMILES string of the molecule is COc1ccc(OCC(=O)NCC(C)(C)N)cc1. The molecule has 18 heavy (non-hydrogen) atoms. The molecule has 5 heteroatoms. The Morgan fingerprint density at radius 2 is 1.83 bits per heavy atom. The Bertz CT molecular complexity index is 382. The lowest BCUT2D eigenvalue weighted by atomic mass is 10.1. The molecular weight excluding hydrogens is 232 g/mol. The largest absolute Gasteiger partial charge is 0.497 e. The zero-order chi connectivity index (χ0) is 13.6. The minimum atomic E-state index is -0.421. The Hall–Kier alpha value is -1.75. The first-order valence-electron chi connectivity index (χ1n) is 5.73. The smallest absolute Gasteiger partial charge is 0.258 e. The van der Waals surface area contributed by atoms with E-state index in [4.69, 9.17) is 15.2 Å². The molecule has 0 aliphatic rings. The highest BCUT2D eigenvalue weighted by atomic mass is 16.5. The molecule has 0 atom stereocenters. The van der Waals surface area contributed by atoms with E-state index in [-0.39, 0.29) is 12.5 Å². The van der Waals surface area contributed by atoms with Crippen molar-refractivity contribution >= 4 is 5.91 Å². The van der Waals surface area contributed by atoms with Crippen molar-refractivity contribution in [2.75, 3.05) is 20.3 Å². The van der Waals surface area contributed by atoms with E-state index in [1.165, 1.54) is 0 Å². The summed E-state index contributed by atoms with van der Waals surface area (Å²) in [6.45, 7) is 4.08. The number of rotatable bonds is 6. The van der Waals surface area contributed by atoms with Crippen LogP contribution in [0.15, 0.2) is 24.3 Å². The van der Waals surface area contributed by atoms with Crippen LogP contribution in [0.2, 0.25) is 0 Å². The fourth-order valence-electron chi connectivity index (χ4n) is 1.20. The maximum Gasteiger partial charge on any atom is 0.258 e. The zero-order valence-electron chi connectivity index (χ0n) is 11.0. The molecule has 5 nitrogen and oxygen atoms in total. The summed E-state index contributed by atoms with van der Waals surface area (Å²) in [6, 6.07) is 7.05. The van der Waals surface area contributed by atoms with Gasteiger partial charge in [0.15, 0.2) is 6.61 Å². The quantitative estimate of drug-likeness (QED) is 0.790. The molecule has 0 aliphatic heterocycles. The van der Waals surface area contributed by atoms with Crippen LogP contribution in [0.1, 0.15) is 13.8 Å². The van der Waals surface area contributed by atoms with Crippen molar-refractivity contribution in [1.29, 1.82) is 0 Å². The van der Waals surface area contributed by atoms with Crippen LogP contribution in [-0.4, -0.2) is 31.7 Å². The second-order valence-corrected chi connectivity index (χ2v) is 4.73. The van der Waals surface area contributed by atoms with E-state index in [0.717, 1.165) is 5.75 Å². The minimum Gasteiger partial charge on any atom is -0.497 e. The van der Waals surface area contributed by atoms with Crippen molar-refractivity contribution in [3.05, 3.63) is 24.3 Å². The van der Waals surface area contributed by atoms with Gasteiger partial charge in [0.25, 0.3) is 5.91 Å². The number of carbonyl (C=O) groups excluding carboxylic acids is 1. The topological polar surface area (TPSA) is 73.6 Å². The fourth-order valence-corrected chi connectivity index (χ4v) is 1.20. The Morgan fingerprint density at radius 3 is 2.33 bits per heavy atom. The van der Waals surface area contributed by atoms with Gasteiger partial charge in [-0.15, -0.1) is 0 Å². The van der Waals surface area contributed by atoms with Crippen LogP contribution in [0.4, 0.5) is 0 Å². The summed E-state index contributed by atoms with van der Waals surface area (Å²) in [5, 5.41) is 2.70. The highest BCUT2D eigenvalue weighted by Crippen LogP contribution is 2.16. The third kappa shape index (κ3) is 5.54. The van der Waals surface area contributed by atoms with Gasteiger partial charge in [0, 0.05) is 12.1 Å². The summed E-state index contributed by atoms with van der Waals surface area (Å²) in [7, 11) is 1.60. The first kappa shape index (κ1) is 14.3. The first-order valence-corrected chi connectivity index (χ1v) is 5.73. The van der Waals surface area contributed by atoms with Gasteiger partial charge in [-0.05, 0) is 38.1 Å². The van der Waals surface area contributed by atoms with Crippen LogP contribution in [0.5, 0.6) is 11.5 Å². The van der Waals surface area contributed by atoms with Crippen molar-refractivity contribution in [3.63, 3.8) is 0 Å². The number of ether oxygens (including phenoxy) is 2. The van der Waals surface area contributed by atoms with Crippen molar-refractivity contribution in [2.24, 2.45) is 5.73 Å². The molecule has 1 aromatic carbocycles. The third-order valence-corrected chi connectivity index (χ3v) is 2.17. The number of hydrogen-bond acceptors (Lipinski definition) is 4. The predicted octanol–water partition coefficient (Wildman–Crippen LogP) is 0.927. The van der Waals surface area contributed by atoms with Gasteiger partial charge in [-0.2, -0.15) is 0 Å². The number of carbonyl (C=O) groups is 1. The van der Waals surface area contributed by atoms with Gasteiger partial charge >= 0.3 is 0 Å². The molecule has 0 bridgehead atoms. The molecule has 1 aromatic rings. The van der Waals surface area contributed by atoms with Crippen LogP contribution in [0.25, 0.3) is 0 Å². The summed E-state index contributed by atoms with van der Waals surface area (Å²) in [4.78, 5) is 11.5. The van der Waals surface area contributed by atoms with Gasteiger partial charge in [0.2, 0.25) is 0 Å². The fraction of sp³-hybridized carbons (Fsp3) is 0.462. The highest BCUT2D eigenvalue weighted by Gasteiger charge is 2.12. The van der Waals surface area contributed by atoms with Gasteiger partial charge in [-0.1, -0.05) is 0 Å². The molecule has 0 saturated carbocycles. The standard InChI is InChI=1S/C13H20N2O3/c1-13(2,14)9-15-12(16)8-18-11-6-4-10(17-3)5-7-11/h4-7H,8-9,14H2,1-3H3,(H,15,16).